The molecule has 2 rings (SSSR count). The summed E-state index contributed by atoms with van der Waals surface area (Å²) in [5.41, 5.74) is 1.17. The zero-order valence-electron chi connectivity index (χ0n) is 8.99. The van der Waals surface area contributed by atoms with Crippen LogP contribution in [0.3, 0.4) is 0 Å². The number of rotatable bonds is 2. The molecule has 0 atom stereocenters. The molecule has 0 radical (unpaired) electrons. The average Bonchev–Trinajstić information content (AvgIpc) is 2.22. The SMILES string of the molecule is CP1CCN(Cc2cccc(Br)n2)CC1. The predicted octanol–water partition coefficient (Wildman–Crippen LogP) is 2.77. The molecule has 0 unspecified atom stereocenters. The number of aromatic nitrogens is 1. The quantitative estimate of drug-likeness (QED) is 0.614. The standard InChI is InChI=1S/C11H16BrN2P/c1-15-7-5-14(6-8-15)9-10-3-2-4-11(12)13-10/h2-4H,5-9H2,1H3. The third-order valence-corrected chi connectivity index (χ3v) is 5.12. The summed E-state index contributed by atoms with van der Waals surface area (Å²) in [5.74, 6) is 0. The minimum absolute atomic E-state index is 0.330. The van der Waals surface area contributed by atoms with Gasteiger partial charge in [0.25, 0.3) is 0 Å². The molecule has 0 spiro atoms. The number of pyridine rings is 1. The summed E-state index contributed by atoms with van der Waals surface area (Å²) in [7, 11) is 0.330. The van der Waals surface area contributed by atoms with Crippen LogP contribution in [-0.4, -0.2) is 42.0 Å². The second-order valence-corrected chi connectivity index (χ2v) is 7.45. The topological polar surface area (TPSA) is 16.1 Å². The molecule has 0 N–H and O–H groups in total. The largest absolute Gasteiger partial charge is 0.297 e. The van der Waals surface area contributed by atoms with Crippen LogP contribution in [0.1, 0.15) is 5.69 Å². The van der Waals surface area contributed by atoms with E-state index in [4.69, 9.17) is 0 Å². The summed E-state index contributed by atoms with van der Waals surface area (Å²) in [6.07, 6.45) is 2.78. The molecular weight excluding hydrogens is 271 g/mol. The van der Waals surface area contributed by atoms with E-state index in [1.165, 1.54) is 31.1 Å². The average molecular weight is 287 g/mol. The van der Waals surface area contributed by atoms with Gasteiger partial charge in [0.2, 0.25) is 0 Å². The lowest BCUT2D eigenvalue weighted by Crippen LogP contribution is -2.33. The molecule has 1 aromatic heterocycles. The number of nitrogens with zero attached hydrogens (tertiary/aromatic N) is 2. The van der Waals surface area contributed by atoms with Gasteiger partial charge < -0.3 is 0 Å². The van der Waals surface area contributed by atoms with E-state index in [0.717, 1.165) is 11.1 Å². The van der Waals surface area contributed by atoms with E-state index < -0.39 is 0 Å². The molecule has 0 aliphatic carbocycles. The molecule has 1 aromatic rings. The molecular formula is C11H16BrN2P. The zero-order valence-corrected chi connectivity index (χ0v) is 11.5. The summed E-state index contributed by atoms with van der Waals surface area (Å²) < 4.78 is 0.940. The lowest BCUT2D eigenvalue weighted by atomic mass is 10.3. The van der Waals surface area contributed by atoms with E-state index in [9.17, 15) is 0 Å². The predicted molar refractivity (Wildman–Crippen MR) is 69.8 cm³/mol. The second kappa shape index (κ2) is 5.38. The fourth-order valence-corrected chi connectivity index (χ4v) is 3.63. The highest BCUT2D eigenvalue weighted by atomic mass is 79.9. The first-order valence-electron chi connectivity index (χ1n) is 5.26. The maximum atomic E-state index is 4.47. The first-order valence-corrected chi connectivity index (χ1v) is 8.21. The molecule has 1 saturated heterocycles. The van der Waals surface area contributed by atoms with Gasteiger partial charge in [-0.1, -0.05) is 6.07 Å². The fraction of sp³-hybridized carbons (Fsp3) is 0.545. The van der Waals surface area contributed by atoms with Crippen molar-refractivity contribution in [1.82, 2.24) is 9.88 Å². The van der Waals surface area contributed by atoms with Crippen LogP contribution in [0.25, 0.3) is 0 Å². The van der Waals surface area contributed by atoms with Gasteiger partial charge in [0, 0.05) is 19.6 Å². The van der Waals surface area contributed by atoms with Crippen molar-refractivity contribution >= 4 is 23.9 Å². The molecule has 0 aromatic carbocycles. The summed E-state index contributed by atoms with van der Waals surface area (Å²) in [6.45, 7) is 5.90. The minimum Gasteiger partial charge on any atom is -0.297 e. The van der Waals surface area contributed by atoms with E-state index >= 15 is 0 Å². The van der Waals surface area contributed by atoms with Gasteiger partial charge in [-0.2, -0.15) is 0 Å². The van der Waals surface area contributed by atoms with Crippen molar-refractivity contribution in [3.05, 3.63) is 28.5 Å². The smallest absolute Gasteiger partial charge is 0.106 e. The lowest BCUT2D eigenvalue weighted by Gasteiger charge is -2.30. The van der Waals surface area contributed by atoms with Gasteiger partial charge in [-0.25, -0.2) is 4.98 Å². The van der Waals surface area contributed by atoms with Crippen molar-refractivity contribution in [2.24, 2.45) is 0 Å². The van der Waals surface area contributed by atoms with Crippen molar-refractivity contribution in [3.63, 3.8) is 0 Å². The van der Waals surface area contributed by atoms with E-state index in [-0.39, 0.29) is 0 Å². The van der Waals surface area contributed by atoms with Crippen molar-refractivity contribution < 1.29 is 0 Å². The van der Waals surface area contributed by atoms with Gasteiger partial charge >= 0.3 is 0 Å². The summed E-state index contributed by atoms with van der Waals surface area (Å²) in [6, 6.07) is 6.14. The zero-order chi connectivity index (χ0) is 10.7. The third-order valence-electron chi connectivity index (χ3n) is 2.75. The number of hydrogen-bond donors (Lipinski definition) is 0. The van der Waals surface area contributed by atoms with E-state index in [1.807, 2.05) is 6.07 Å². The number of halogens is 1. The van der Waals surface area contributed by atoms with Gasteiger partial charge in [-0.3, -0.25) is 4.90 Å². The van der Waals surface area contributed by atoms with Gasteiger partial charge in [-0.05, 0) is 47.1 Å². The van der Waals surface area contributed by atoms with Gasteiger partial charge in [0.05, 0.1) is 5.69 Å². The lowest BCUT2D eigenvalue weighted by molar-refractivity contribution is 0.288. The van der Waals surface area contributed by atoms with Crippen molar-refractivity contribution in [3.8, 4) is 0 Å². The third kappa shape index (κ3) is 3.51. The highest BCUT2D eigenvalue weighted by Gasteiger charge is 2.15. The van der Waals surface area contributed by atoms with E-state index in [2.05, 4.69) is 44.6 Å². The summed E-state index contributed by atoms with van der Waals surface area (Å²) in [4.78, 5) is 6.98. The highest BCUT2D eigenvalue weighted by molar-refractivity contribution is 9.10. The molecule has 15 heavy (non-hydrogen) atoms. The van der Waals surface area contributed by atoms with Crippen LogP contribution in [0, 0.1) is 0 Å². The number of hydrogen-bond acceptors (Lipinski definition) is 2. The van der Waals surface area contributed by atoms with E-state index in [1.54, 1.807) is 0 Å². The maximum absolute atomic E-state index is 4.47. The van der Waals surface area contributed by atoms with Crippen LogP contribution in [0.2, 0.25) is 0 Å². The first-order chi connectivity index (χ1) is 7.24. The molecule has 2 heterocycles. The van der Waals surface area contributed by atoms with Gasteiger partial charge in [0.15, 0.2) is 0 Å². The Labute approximate surface area is 101 Å². The molecule has 1 aliphatic rings. The van der Waals surface area contributed by atoms with Crippen LogP contribution in [-0.2, 0) is 6.54 Å². The minimum atomic E-state index is 0.330. The Kier molecular flexibility index (Phi) is 4.13. The van der Waals surface area contributed by atoms with Crippen LogP contribution in [0.4, 0.5) is 0 Å². The molecule has 1 aliphatic heterocycles. The van der Waals surface area contributed by atoms with Gasteiger partial charge in [-0.15, -0.1) is 7.92 Å². The van der Waals surface area contributed by atoms with Crippen LogP contribution < -0.4 is 0 Å². The first kappa shape index (κ1) is 11.5. The van der Waals surface area contributed by atoms with Crippen molar-refractivity contribution in [1.29, 1.82) is 0 Å². The normalized spacial score (nSPS) is 19.3. The molecule has 0 bridgehead atoms. The van der Waals surface area contributed by atoms with Crippen LogP contribution >= 0.6 is 23.9 Å². The fourth-order valence-electron chi connectivity index (χ4n) is 1.77. The Morgan fingerprint density at radius 3 is 2.80 bits per heavy atom. The molecule has 4 heteroatoms. The van der Waals surface area contributed by atoms with Crippen LogP contribution in [0.5, 0.6) is 0 Å². The Morgan fingerprint density at radius 1 is 1.40 bits per heavy atom. The van der Waals surface area contributed by atoms with Crippen LogP contribution in [0.15, 0.2) is 22.8 Å². The summed E-state index contributed by atoms with van der Waals surface area (Å²) in [5, 5.41) is 0. The second-order valence-electron chi connectivity index (χ2n) is 4.03. The van der Waals surface area contributed by atoms with Crippen molar-refractivity contribution in [2.75, 3.05) is 32.1 Å². The maximum Gasteiger partial charge on any atom is 0.106 e. The molecule has 0 saturated carbocycles. The molecule has 1 fully saturated rings. The molecule has 82 valence electrons. The Morgan fingerprint density at radius 2 is 2.13 bits per heavy atom. The molecule has 2 nitrogen and oxygen atoms in total. The van der Waals surface area contributed by atoms with E-state index in [0.29, 0.717) is 7.92 Å². The monoisotopic (exact) mass is 286 g/mol. The molecule has 0 amide bonds. The summed E-state index contributed by atoms with van der Waals surface area (Å²) >= 11 is 3.41. The van der Waals surface area contributed by atoms with Gasteiger partial charge in [0.1, 0.15) is 4.60 Å². The highest BCUT2D eigenvalue weighted by Crippen LogP contribution is 2.33. The van der Waals surface area contributed by atoms with Crippen molar-refractivity contribution in [2.45, 2.75) is 6.54 Å². The Bertz CT molecular complexity index is 324. The Hall–Kier alpha value is 0.0200. The Balaban J connectivity index is 1.92.